The van der Waals surface area contributed by atoms with Gasteiger partial charge in [-0.1, -0.05) is 12.8 Å². The van der Waals surface area contributed by atoms with E-state index < -0.39 is 0 Å². The normalized spacial score (nSPS) is 22.5. The Balaban J connectivity index is 1.72. The van der Waals surface area contributed by atoms with Gasteiger partial charge in [0.2, 0.25) is 0 Å². The Kier molecular flexibility index (Phi) is 3.80. The molecule has 0 bridgehead atoms. The van der Waals surface area contributed by atoms with E-state index in [0.29, 0.717) is 25.5 Å². The van der Waals surface area contributed by atoms with Crippen LogP contribution in [0.3, 0.4) is 0 Å². The van der Waals surface area contributed by atoms with Crippen molar-refractivity contribution in [2.45, 2.75) is 38.5 Å². The van der Waals surface area contributed by atoms with Gasteiger partial charge in [-0.15, -0.1) is 0 Å². The fourth-order valence-corrected chi connectivity index (χ4v) is 2.45. The minimum Gasteiger partial charge on any atom is -0.449 e. The molecule has 16 heavy (non-hydrogen) atoms. The Labute approximate surface area is 95.9 Å². The Bertz CT molecular complexity index is 271. The van der Waals surface area contributed by atoms with Crippen LogP contribution in [0.5, 0.6) is 0 Å². The number of ether oxygens (including phenoxy) is 1. The van der Waals surface area contributed by atoms with Crippen molar-refractivity contribution < 1.29 is 14.3 Å². The summed E-state index contributed by atoms with van der Waals surface area (Å²) in [5.41, 5.74) is 0. The van der Waals surface area contributed by atoms with Crippen molar-refractivity contribution in [1.82, 2.24) is 4.90 Å². The summed E-state index contributed by atoms with van der Waals surface area (Å²) >= 11 is 0. The molecule has 1 aliphatic carbocycles. The number of amides is 1. The topological polar surface area (TPSA) is 46.6 Å². The molecule has 1 saturated carbocycles. The van der Waals surface area contributed by atoms with Crippen molar-refractivity contribution in [2.24, 2.45) is 5.92 Å². The second kappa shape index (κ2) is 5.32. The molecule has 2 fully saturated rings. The zero-order valence-electron chi connectivity index (χ0n) is 9.61. The average molecular weight is 225 g/mol. The maximum absolute atomic E-state index is 11.7. The summed E-state index contributed by atoms with van der Waals surface area (Å²) < 4.78 is 5.25. The summed E-state index contributed by atoms with van der Waals surface area (Å²) in [6, 6.07) is 0. The third kappa shape index (κ3) is 2.97. The van der Waals surface area contributed by atoms with Gasteiger partial charge in [-0.2, -0.15) is 0 Å². The predicted molar refractivity (Wildman–Crippen MR) is 59.1 cm³/mol. The van der Waals surface area contributed by atoms with Crippen molar-refractivity contribution in [3.05, 3.63) is 0 Å². The predicted octanol–water partition coefficient (Wildman–Crippen LogP) is 1.98. The Morgan fingerprint density at radius 3 is 2.75 bits per heavy atom. The standard InChI is InChI=1S/C12H19NO3/c14-11-6-3-7-13(8-11)12(15)16-9-10-4-1-2-5-10/h10H,1-9H2. The van der Waals surface area contributed by atoms with Crippen molar-refractivity contribution in [2.75, 3.05) is 19.7 Å². The summed E-state index contributed by atoms with van der Waals surface area (Å²) in [5, 5.41) is 0. The smallest absolute Gasteiger partial charge is 0.410 e. The van der Waals surface area contributed by atoms with Gasteiger partial charge in [-0.25, -0.2) is 4.79 Å². The highest BCUT2D eigenvalue weighted by Gasteiger charge is 2.24. The van der Waals surface area contributed by atoms with E-state index in [9.17, 15) is 9.59 Å². The zero-order chi connectivity index (χ0) is 11.4. The minimum absolute atomic E-state index is 0.143. The molecule has 4 nitrogen and oxygen atoms in total. The van der Waals surface area contributed by atoms with Gasteiger partial charge in [-0.05, 0) is 25.2 Å². The fourth-order valence-electron chi connectivity index (χ4n) is 2.45. The highest BCUT2D eigenvalue weighted by atomic mass is 16.6. The van der Waals surface area contributed by atoms with Crippen LogP contribution in [-0.4, -0.2) is 36.5 Å². The molecular weight excluding hydrogens is 206 g/mol. The number of rotatable bonds is 2. The van der Waals surface area contributed by atoms with Crippen LogP contribution in [0.4, 0.5) is 4.79 Å². The first kappa shape index (κ1) is 11.4. The third-order valence-corrected chi connectivity index (χ3v) is 3.43. The number of carbonyl (C=O) groups excluding carboxylic acids is 2. The summed E-state index contributed by atoms with van der Waals surface area (Å²) in [6.07, 6.45) is 5.93. The summed E-state index contributed by atoms with van der Waals surface area (Å²) in [7, 11) is 0. The fraction of sp³-hybridized carbons (Fsp3) is 0.833. The van der Waals surface area contributed by atoms with Gasteiger partial charge >= 0.3 is 6.09 Å². The van der Waals surface area contributed by atoms with E-state index in [-0.39, 0.29) is 18.4 Å². The molecule has 0 aromatic rings. The molecule has 0 radical (unpaired) electrons. The molecule has 0 aromatic carbocycles. The first-order valence-corrected chi connectivity index (χ1v) is 6.19. The lowest BCUT2D eigenvalue weighted by Crippen LogP contribution is -2.40. The SMILES string of the molecule is O=C1CCCN(C(=O)OCC2CCCC2)C1. The zero-order valence-corrected chi connectivity index (χ0v) is 9.61. The van der Waals surface area contributed by atoms with Crippen molar-refractivity contribution in [1.29, 1.82) is 0 Å². The lowest BCUT2D eigenvalue weighted by atomic mass is 10.1. The Morgan fingerprint density at radius 1 is 1.31 bits per heavy atom. The molecule has 2 rings (SSSR count). The van der Waals surface area contributed by atoms with Crippen LogP contribution < -0.4 is 0 Å². The number of hydrogen-bond donors (Lipinski definition) is 0. The number of hydrogen-bond acceptors (Lipinski definition) is 3. The van der Waals surface area contributed by atoms with Crippen molar-refractivity contribution >= 4 is 11.9 Å². The molecule has 0 aromatic heterocycles. The van der Waals surface area contributed by atoms with Gasteiger partial charge in [0.15, 0.2) is 5.78 Å². The number of nitrogens with zero attached hydrogens (tertiary/aromatic N) is 1. The van der Waals surface area contributed by atoms with Crippen LogP contribution in [0.1, 0.15) is 38.5 Å². The first-order valence-electron chi connectivity index (χ1n) is 6.19. The van der Waals surface area contributed by atoms with E-state index in [2.05, 4.69) is 0 Å². The van der Waals surface area contributed by atoms with Gasteiger partial charge in [0.1, 0.15) is 0 Å². The Hall–Kier alpha value is -1.06. The van der Waals surface area contributed by atoms with Gasteiger partial charge in [0.25, 0.3) is 0 Å². The lowest BCUT2D eigenvalue weighted by molar-refractivity contribution is -0.121. The molecule has 1 amide bonds. The van der Waals surface area contributed by atoms with E-state index in [0.717, 1.165) is 6.42 Å². The van der Waals surface area contributed by atoms with Gasteiger partial charge in [-0.3, -0.25) is 4.79 Å². The maximum Gasteiger partial charge on any atom is 0.410 e. The maximum atomic E-state index is 11.7. The van der Waals surface area contributed by atoms with E-state index in [1.807, 2.05) is 0 Å². The van der Waals surface area contributed by atoms with Crippen molar-refractivity contribution in [3.8, 4) is 0 Å². The molecule has 90 valence electrons. The van der Waals surface area contributed by atoms with Crippen LogP contribution in [-0.2, 0) is 9.53 Å². The van der Waals surface area contributed by atoms with E-state index in [1.165, 1.54) is 30.6 Å². The quantitative estimate of drug-likeness (QED) is 0.722. The van der Waals surface area contributed by atoms with Crippen LogP contribution in [0.25, 0.3) is 0 Å². The molecule has 1 aliphatic heterocycles. The summed E-state index contributed by atoms with van der Waals surface area (Å²) in [4.78, 5) is 24.4. The van der Waals surface area contributed by atoms with Crippen LogP contribution in [0, 0.1) is 5.92 Å². The summed E-state index contributed by atoms with van der Waals surface area (Å²) in [5.74, 6) is 0.688. The van der Waals surface area contributed by atoms with E-state index in [1.54, 1.807) is 0 Å². The molecule has 2 aliphatic rings. The molecule has 1 saturated heterocycles. The number of ketones is 1. The van der Waals surface area contributed by atoms with Gasteiger partial charge in [0, 0.05) is 13.0 Å². The second-order valence-corrected chi connectivity index (χ2v) is 4.79. The minimum atomic E-state index is -0.306. The average Bonchev–Trinajstić information content (AvgIpc) is 2.78. The molecule has 0 spiro atoms. The second-order valence-electron chi connectivity index (χ2n) is 4.79. The highest BCUT2D eigenvalue weighted by Crippen LogP contribution is 2.24. The van der Waals surface area contributed by atoms with Gasteiger partial charge in [0.05, 0.1) is 13.2 Å². The van der Waals surface area contributed by atoms with Crippen LogP contribution in [0.15, 0.2) is 0 Å². The number of piperidine rings is 1. The number of carbonyl (C=O) groups is 2. The monoisotopic (exact) mass is 225 g/mol. The van der Waals surface area contributed by atoms with Gasteiger partial charge < -0.3 is 9.64 Å². The lowest BCUT2D eigenvalue weighted by Gasteiger charge is -2.25. The van der Waals surface area contributed by atoms with Crippen LogP contribution >= 0.6 is 0 Å². The Morgan fingerprint density at radius 2 is 2.06 bits per heavy atom. The first-order chi connectivity index (χ1) is 7.75. The molecule has 4 heteroatoms. The number of Topliss-reactive ketones (excluding diaryl/α,β-unsaturated/α-hetero) is 1. The largest absolute Gasteiger partial charge is 0.449 e. The molecule has 0 unspecified atom stereocenters. The number of likely N-dealkylation sites (tertiary alicyclic amines) is 1. The molecule has 0 N–H and O–H groups in total. The summed E-state index contributed by atoms with van der Waals surface area (Å²) in [6.45, 7) is 1.43. The molecule has 0 atom stereocenters. The van der Waals surface area contributed by atoms with Crippen molar-refractivity contribution in [3.63, 3.8) is 0 Å². The van der Waals surface area contributed by atoms with Crippen LogP contribution in [0.2, 0.25) is 0 Å². The third-order valence-electron chi connectivity index (χ3n) is 3.43. The van der Waals surface area contributed by atoms with E-state index in [4.69, 9.17) is 4.74 Å². The molecular formula is C12H19NO3. The van der Waals surface area contributed by atoms with E-state index >= 15 is 0 Å². The highest BCUT2D eigenvalue weighted by molar-refractivity contribution is 5.85. The molecule has 1 heterocycles.